The predicted octanol–water partition coefficient (Wildman–Crippen LogP) is -2.32. The summed E-state index contributed by atoms with van der Waals surface area (Å²) in [5.74, 6) is -3.46. The second kappa shape index (κ2) is 9.52. The second-order valence-corrected chi connectivity index (χ2v) is 3.39. The summed E-state index contributed by atoms with van der Waals surface area (Å²) in [6.07, 6.45) is -2.98. The van der Waals surface area contributed by atoms with Crippen LogP contribution in [0.4, 0.5) is 4.79 Å². The van der Waals surface area contributed by atoms with Crippen LogP contribution in [-0.2, 0) is 24.0 Å². The Morgan fingerprint density at radius 1 is 1.05 bits per heavy atom. The van der Waals surface area contributed by atoms with Crippen molar-refractivity contribution >= 4 is 24.0 Å². The SMILES string of the molecule is O=C(O)CNOC(=O)CC(O)COC(=O)NCC(=O)O. The van der Waals surface area contributed by atoms with Crippen molar-refractivity contribution in [3.8, 4) is 0 Å². The highest BCUT2D eigenvalue weighted by Crippen LogP contribution is 1.95. The van der Waals surface area contributed by atoms with Gasteiger partial charge in [0.25, 0.3) is 0 Å². The van der Waals surface area contributed by atoms with Gasteiger partial charge < -0.3 is 30.2 Å². The fourth-order valence-corrected chi connectivity index (χ4v) is 0.842. The number of ether oxygens (including phenoxy) is 1. The molecule has 0 aliphatic carbocycles. The van der Waals surface area contributed by atoms with Crippen molar-refractivity contribution in [2.24, 2.45) is 0 Å². The molecule has 114 valence electrons. The minimum absolute atomic E-state index is 0.543. The number of aliphatic hydroxyl groups excluding tert-OH is 1. The first-order valence-corrected chi connectivity index (χ1v) is 5.26. The van der Waals surface area contributed by atoms with Gasteiger partial charge in [0.1, 0.15) is 19.7 Å². The number of alkyl carbamates (subject to hydrolysis) is 1. The van der Waals surface area contributed by atoms with Gasteiger partial charge in [-0.25, -0.2) is 4.79 Å². The van der Waals surface area contributed by atoms with Gasteiger partial charge in [-0.1, -0.05) is 0 Å². The maximum atomic E-state index is 11.0. The normalized spacial score (nSPS) is 11.2. The van der Waals surface area contributed by atoms with Crippen LogP contribution in [0.5, 0.6) is 0 Å². The molecular formula is C9H14N2O9. The van der Waals surface area contributed by atoms with Crippen LogP contribution in [0.2, 0.25) is 0 Å². The van der Waals surface area contributed by atoms with Crippen LogP contribution < -0.4 is 10.8 Å². The summed E-state index contributed by atoms with van der Waals surface area (Å²) >= 11 is 0. The molecule has 5 N–H and O–H groups in total. The van der Waals surface area contributed by atoms with Crippen LogP contribution in [0, 0.1) is 0 Å². The van der Waals surface area contributed by atoms with E-state index in [1.54, 1.807) is 0 Å². The molecule has 1 unspecified atom stereocenters. The summed E-state index contributed by atoms with van der Waals surface area (Å²) in [5, 5.41) is 27.6. The molecule has 0 aromatic rings. The summed E-state index contributed by atoms with van der Waals surface area (Å²) in [6, 6.07) is 0. The summed E-state index contributed by atoms with van der Waals surface area (Å²) in [7, 11) is 0. The van der Waals surface area contributed by atoms with E-state index in [0.29, 0.717) is 0 Å². The third-order valence-corrected chi connectivity index (χ3v) is 1.60. The van der Waals surface area contributed by atoms with E-state index in [9.17, 15) is 24.3 Å². The van der Waals surface area contributed by atoms with Crippen molar-refractivity contribution in [1.29, 1.82) is 0 Å². The summed E-state index contributed by atoms with van der Waals surface area (Å²) < 4.78 is 4.41. The van der Waals surface area contributed by atoms with Gasteiger partial charge in [-0.05, 0) is 0 Å². The monoisotopic (exact) mass is 294 g/mol. The Kier molecular flexibility index (Phi) is 8.38. The summed E-state index contributed by atoms with van der Waals surface area (Å²) in [4.78, 5) is 46.3. The van der Waals surface area contributed by atoms with E-state index in [1.807, 2.05) is 10.8 Å². The Balaban J connectivity index is 3.73. The van der Waals surface area contributed by atoms with Gasteiger partial charge in [0.05, 0.1) is 12.5 Å². The van der Waals surface area contributed by atoms with Crippen molar-refractivity contribution in [2.75, 3.05) is 19.7 Å². The molecule has 0 saturated heterocycles. The van der Waals surface area contributed by atoms with E-state index in [0.717, 1.165) is 0 Å². The Hall–Kier alpha value is -2.40. The van der Waals surface area contributed by atoms with Gasteiger partial charge in [-0.3, -0.25) is 14.4 Å². The maximum absolute atomic E-state index is 11.0. The first kappa shape index (κ1) is 17.6. The lowest BCUT2D eigenvalue weighted by Crippen LogP contribution is -2.33. The van der Waals surface area contributed by atoms with Crippen molar-refractivity contribution in [3.63, 3.8) is 0 Å². The third kappa shape index (κ3) is 10.7. The minimum Gasteiger partial charge on any atom is -0.480 e. The van der Waals surface area contributed by atoms with Gasteiger partial charge in [0.2, 0.25) is 0 Å². The first-order chi connectivity index (χ1) is 9.31. The number of carbonyl (C=O) groups is 4. The Morgan fingerprint density at radius 3 is 2.20 bits per heavy atom. The number of hydroxylamine groups is 1. The number of hydrogen-bond acceptors (Lipinski definition) is 8. The lowest BCUT2D eigenvalue weighted by molar-refractivity contribution is -0.156. The second-order valence-electron chi connectivity index (χ2n) is 3.39. The highest BCUT2D eigenvalue weighted by Gasteiger charge is 2.15. The number of aliphatic hydroxyl groups is 1. The molecule has 0 heterocycles. The van der Waals surface area contributed by atoms with E-state index in [2.05, 4.69) is 9.57 Å². The van der Waals surface area contributed by atoms with E-state index >= 15 is 0 Å². The molecule has 1 amide bonds. The van der Waals surface area contributed by atoms with E-state index in [4.69, 9.17) is 10.2 Å². The average Bonchev–Trinajstić information content (AvgIpc) is 2.33. The van der Waals surface area contributed by atoms with Gasteiger partial charge >= 0.3 is 24.0 Å². The molecule has 0 radical (unpaired) electrons. The standard InChI is InChI=1S/C9H14N2O9/c12-5(1-8(17)20-11-3-7(15)16)4-19-9(18)10-2-6(13)14/h5,11-12H,1-4H2,(H,10,18)(H,13,14)(H,15,16). The lowest BCUT2D eigenvalue weighted by atomic mass is 10.3. The number of nitrogens with one attached hydrogen (secondary N) is 2. The number of carboxylic acid groups (broad SMARTS) is 2. The zero-order valence-corrected chi connectivity index (χ0v) is 10.2. The fourth-order valence-electron chi connectivity index (χ4n) is 0.842. The zero-order chi connectivity index (χ0) is 15.5. The number of aliphatic carboxylic acids is 2. The molecule has 0 aliphatic rings. The molecule has 0 bridgehead atoms. The van der Waals surface area contributed by atoms with Crippen molar-refractivity contribution in [2.45, 2.75) is 12.5 Å². The van der Waals surface area contributed by atoms with Crippen LogP contribution in [-0.4, -0.2) is 65.1 Å². The average molecular weight is 294 g/mol. The van der Waals surface area contributed by atoms with Crippen LogP contribution in [0.1, 0.15) is 6.42 Å². The van der Waals surface area contributed by atoms with Crippen LogP contribution in [0.3, 0.4) is 0 Å². The van der Waals surface area contributed by atoms with Crippen molar-refractivity contribution in [1.82, 2.24) is 10.8 Å². The number of amides is 1. The Bertz CT molecular complexity index is 370. The molecule has 0 fully saturated rings. The van der Waals surface area contributed by atoms with Gasteiger partial charge in [0.15, 0.2) is 0 Å². The molecule has 0 aliphatic heterocycles. The van der Waals surface area contributed by atoms with Gasteiger partial charge in [-0.15, -0.1) is 5.48 Å². The van der Waals surface area contributed by atoms with Gasteiger partial charge in [-0.2, -0.15) is 0 Å². The quantitative estimate of drug-likeness (QED) is 0.290. The smallest absolute Gasteiger partial charge is 0.407 e. The predicted molar refractivity (Wildman–Crippen MR) is 59.3 cm³/mol. The number of hydrogen-bond donors (Lipinski definition) is 5. The van der Waals surface area contributed by atoms with Gasteiger partial charge in [0, 0.05) is 0 Å². The molecule has 0 rings (SSSR count). The Labute approximate surface area is 112 Å². The summed E-state index contributed by atoms with van der Waals surface area (Å²) in [6.45, 7) is -1.80. The van der Waals surface area contributed by atoms with E-state index < -0.39 is 56.2 Å². The van der Waals surface area contributed by atoms with Crippen LogP contribution in [0.15, 0.2) is 0 Å². The number of rotatable bonds is 9. The maximum Gasteiger partial charge on any atom is 0.407 e. The summed E-state index contributed by atoms with van der Waals surface area (Å²) in [5.41, 5.74) is 1.84. The highest BCUT2D eigenvalue weighted by atomic mass is 16.7. The Morgan fingerprint density at radius 2 is 1.65 bits per heavy atom. The molecular weight excluding hydrogens is 280 g/mol. The fraction of sp³-hybridized carbons (Fsp3) is 0.556. The molecule has 0 spiro atoms. The van der Waals surface area contributed by atoms with E-state index in [-0.39, 0.29) is 0 Å². The molecule has 0 saturated carbocycles. The van der Waals surface area contributed by atoms with Crippen LogP contribution in [0.25, 0.3) is 0 Å². The molecule has 0 aromatic heterocycles. The molecule has 20 heavy (non-hydrogen) atoms. The largest absolute Gasteiger partial charge is 0.480 e. The topological polar surface area (TPSA) is 171 Å². The third-order valence-electron chi connectivity index (χ3n) is 1.60. The molecule has 11 heteroatoms. The number of carboxylic acids is 2. The zero-order valence-electron chi connectivity index (χ0n) is 10.2. The molecule has 1 atom stereocenters. The number of carbonyl (C=O) groups excluding carboxylic acids is 2. The van der Waals surface area contributed by atoms with E-state index in [1.165, 1.54) is 0 Å². The van der Waals surface area contributed by atoms with Crippen LogP contribution >= 0.6 is 0 Å². The highest BCUT2D eigenvalue weighted by molar-refractivity contribution is 5.76. The van der Waals surface area contributed by atoms with Crippen molar-refractivity contribution < 1.29 is 44.1 Å². The lowest BCUT2D eigenvalue weighted by Gasteiger charge is -2.11. The molecule has 11 nitrogen and oxygen atoms in total. The molecule has 0 aromatic carbocycles. The first-order valence-electron chi connectivity index (χ1n) is 5.26. The minimum atomic E-state index is -1.37. The van der Waals surface area contributed by atoms with Crippen molar-refractivity contribution in [3.05, 3.63) is 0 Å².